The Kier molecular flexibility index (Phi) is 6.09. The van der Waals surface area contributed by atoms with Crippen LogP contribution in [0.4, 0.5) is 0 Å². The number of hydrogen-bond acceptors (Lipinski definition) is 1. The fraction of sp³-hybridized carbons (Fsp3) is 0.944. The number of piperidine rings is 1. The molecule has 20 heavy (non-hydrogen) atoms. The van der Waals surface area contributed by atoms with Crippen LogP contribution in [0.25, 0.3) is 0 Å². The Morgan fingerprint density at radius 3 is 2.00 bits per heavy atom. The van der Waals surface area contributed by atoms with Crippen LogP contribution in [0, 0.1) is 16.7 Å². The maximum Gasteiger partial charge on any atom is 0.227 e. The summed E-state index contributed by atoms with van der Waals surface area (Å²) in [6.45, 7) is 15.0. The molecule has 0 unspecified atom stereocenters. The molecule has 0 aliphatic carbocycles. The van der Waals surface area contributed by atoms with Gasteiger partial charge in [-0.2, -0.15) is 0 Å². The summed E-state index contributed by atoms with van der Waals surface area (Å²) in [5, 5.41) is 0. The molecular formula is C18H35NO. The topological polar surface area (TPSA) is 20.3 Å². The summed E-state index contributed by atoms with van der Waals surface area (Å²) in [6, 6.07) is 0. The minimum absolute atomic E-state index is 0.223. The second-order valence-corrected chi connectivity index (χ2v) is 8.79. The molecule has 0 bridgehead atoms. The van der Waals surface area contributed by atoms with Gasteiger partial charge in [0.15, 0.2) is 0 Å². The van der Waals surface area contributed by atoms with E-state index in [1.807, 2.05) is 20.8 Å². The molecule has 1 amide bonds. The summed E-state index contributed by atoms with van der Waals surface area (Å²) >= 11 is 0. The Morgan fingerprint density at radius 1 is 1.00 bits per heavy atom. The zero-order valence-corrected chi connectivity index (χ0v) is 14.6. The van der Waals surface area contributed by atoms with Crippen molar-refractivity contribution in [1.29, 1.82) is 0 Å². The molecule has 118 valence electrons. The predicted molar refractivity (Wildman–Crippen MR) is 86.7 cm³/mol. The molecule has 2 heteroatoms. The highest BCUT2D eigenvalue weighted by Gasteiger charge is 2.30. The van der Waals surface area contributed by atoms with Crippen LogP contribution in [0.5, 0.6) is 0 Å². The summed E-state index contributed by atoms with van der Waals surface area (Å²) in [6.07, 6.45) is 7.80. The molecule has 0 aromatic heterocycles. The van der Waals surface area contributed by atoms with Crippen molar-refractivity contribution in [2.75, 3.05) is 13.1 Å². The minimum atomic E-state index is -0.223. The van der Waals surface area contributed by atoms with Gasteiger partial charge in [-0.1, -0.05) is 60.8 Å². The van der Waals surface area contributed by atoms with Crippen molar-refractivity contribution >= 4 is 5.91 Å². The first-order valence-corrected chi connectivity index (χ1v) is 8.39. The van der Waals surface area contributed by atoms with Crippen LogP contribution in [0.15, 0.2) is 0 Å². The number of likely N-dealkylation sites (tertiary alicyclic amines) is 1. The van der Waals surface area contributed by atoms with E-state index in [1.165, 1.54) is 38.5 Å². The zero-order valence-electron chi connectivity index (χ0n) is 14.6. The van der Waals surface area contributed by atoms with Gasteiger partial charge in [-0.25, -0.2) is 0 Å². The largest absolute Gasteiger partial charge is 0.342 e. The van der Waals surface area contributed by atoms with Crippen molar-refractivity contribution < 1.29 is 4.79 Å². The smallest absolute Gasteiger partial charge is 0.227 e. The lowest BCUT2D eigenvalue weighted by molar-refractivity contribution is -0.140. The SMILES string of the molecule is CC(C)(C)CCCCC1CCN(C(=O)C(C)(C)C)CC1. The average molecular weight is 281 g/mol. The number of carbonyl (C=O) groups excluding carboxylic acids is 1. The lowest BCUT2D eigenvalue weighted by Gasteiger charge is -2.35. The normalized spacial score (nSPS) is 18.4. The Labute approximate surface area is 126 Å². The third-order valence-electron chi connectivity index (χ3n) is 4.33. The second kappa shape index (κ2) is 6.95. The number of carbonyl (C=O) groups is 1. The van der Waals surface area contributed by atoms with Gasteiger partial charge in [0, 0.05) is 18.5 Å². The lowest BCUT2D eigenvalue weighted by atomic mass is 9.86. The van der Waals surface area contributed by atoms with Gasteiger partial charge in [0.05, 0.1) is 0 Å². The molecule has 0 aromatic carbocycles. The van der Waals surface area contributed by atoms with E-state index in [-0.39, 0.29) is 5.41 Å². The van der Waals surface area contributed by atoms with E-state index < -0.39 is 0 Å². The molecule has 1 rings (SSSR count). The Morgan fingerprint density at radius 2 is 1.55 bits per heavy atom. The maximum atomic E-state index is 12.2. The highest BCUT2D eigenvalue weighted by atomic mass is 16.2. The summed E-state index contributed by atoms with van der Waals surface area (Å²) < 4.78 is 0. The Balaban J connectivity index is 2.21. The number of nitrogens with zero attached hydrogens (tertiary/aromatic N) is 1. The number of unbranched alkanes of at least 4 members (excludes halogenated alkanes) is 1. The monoisotopic (exact) mass is 281 g/mol. The zero-order chi connectivity index (χ0) is 15.4. The van der Waals surface area contributed by atoms with Gasteiger partial charge in [-0.15, -0.1) is 0 Å². The van der Waals surface area contributed by atoms with Crippen LogP contribution in [-0.4, -0.2) is 23.9 Å². The molecule has 0 saturated carbocycles. The molecule has 1 saturated heterocycles. The summed E-state index contributed by atoms with van der Waals surface area (Å²) in [5.41, 5.74) is 0.252. The Hall–Kier alpha value is -0.530. The van der Waals surface area contributed by atoms with Crippen LogP contribution in [-0.2, 0) is 4.79 Å². The first kappa shape index (κ1) is 17.5. The molecular weight excluding hydrogens is 246 g/mol. The van der Waals surface area contributed by atoms with Gasteiger partial charge < -0.3 is 4.90 Å². The predicted octanol–water partition coefficient (Wildman–Crippen LogP) is 4.88. The second-order valence-electron chi connectivity index (χ2n) is 8.79. The van der Waals surface area contributed by atoms with Gasteiger partial charge in [-0.05, 0) is 30.6 Å². The molecule has 0 atom stereocenters. The molecule has 1 aliphatic rings. The first-order chi connectivity index (χ1) is 9.09. The van der Waals surface area contributed by atoms with Gasteiger partial charge in [0.2, 0.25) is 5.91 Å². The fourth-order valence-electron chi connectivity index (χ4n) is 2.99. The van der Waals surface area contributed by atoms with Crippen LogP contribution in [0.1, 0.15) is 80.1 Å². The third-order valence-corrected chi connectivity index (χ3v) is 4.33. The summed E-state index contributed by atoms with van der Waals surface area (Å²) in [4.78, 5) is 14.3. The van der Waals surface area contributed by atoms with Crippen molar-refractivity contribution in [1.82, 2.24) is 4.90 Å². The van der Waals surface area contributed by atoms with Crippen LogP contribution >= 0.6 is 0 Å². The average Bonchev–Trinajstić information content (AvgIpc) is 2.32. The van der Waals surface area contributed by atoms with Crippen molar-refractivity contribution in [2.24, 2.45) is 16.7 Å². The van der Waals surface area contributed by atoms with E-state index >= 15 is 0 Å². The molecule has 2 nitrogen and oxygen atoms in total. The number of rotatable bonds is 4. The van der Waals surface area contributed by atoms with Gasteiger partial charge in [0.1, 0.15) is 0 Å². The molecule has 0 radical (unpaired) electrons. The Bertz CT molecular complexity index is 300. The van der Waals surface area contributed by atoms with E-state index in [0.29, 0.717) is 11.3 Å². The molecule has 1 aliphatic heterocycles. The van der Waals surface area contributed by atoms with E-state index in [1.54, 1.807) is 0 Å². The van der Waals surface area contributed by atoms with E-state index in [0.717, 1.165) is 19.0 Å². The molecule has 0 aromatic rings. The van der Waals surface area contributed by atoms with E-state index in [4.69, 9.17) is 0 Å². The first-order valence-electron chi connectivity index (χ1n) is 8.39. The van der Waals surface area contributed by atoms with Crippen molar-refractivity contribution in [3.63, 3.8) is 0 Å². The van der Waals surface area contributed by atoms with Gasteiger partial charge in [-0.3, -0.25) is 4.79 Å². The third kappa shape index (κ3) is 6.28. The van der Waals surface area contributed by atoms with E-state index in [2.05, 4.69) is 25.7 Å². The van der Waals surface area contributed by atoms with Crippen molar-refractivity contribution in [3.05, 3.63) is 0 Å². The highest BCUT2D eigenvalue weighted by Crippen LogP contribution is 2.28. The lowest BCUT2D eigenvalue weighted by Crippen LogP contribution is -2.44. The van der Waals surface area contributed by atoms with Crippen molar-refractivity contribution in [3.8, 4) is 0 Å². The maximum absolute atomic E-state index is 12.2. The summed E-state index contributed by atoms with van der Waals surface area (Å²) in [5.74, 6) is 1.17. The van der Waals surface area contributed by atoms with Crippen LogP contribution < -0.4 is 0 Å². The van der Waals surface area contributed by atoms with E-state index in [9.17, 15) is 4.79 Å². The molecule has 0 spiro atoms. The molecule has 1 fully saturated rings. The number of amides is 1. The summed E-state index contributed by atoms with van der Waals surface area (Å²) in [7, 11) is 0. The van der Waals surface area contributed by atoms with Gasteiger partial charge in [0.25, 0.3) is 0 Å². The van der Waals surface area contributed by atoms with Crippen LogP contribution in [0.3, 0.4) is 0 Å². The number of hydrogen-bond donors (Lipinski definition) is 0. The molecule has 1 heterocycles. The standard InChI is InChI=1S/C18H35NO/c1-17(2,3)12-8-7-9-15-10-13-19(14-11-15)16(20)18(4,5)6/h15H,7-14H2,1-6H3. The molecule has 0 N–H and O–H groups in total. The quantitative estimate of drug-likeness (QED) is 0.673. The van der Waals surface area contributed by atoms with Gasteiger partial charge >= 0.3 is 0 Å². The highest BCUT2D eigenvalue weighted by molar-refractivity contribution is 5.81. The van der Waals surface area contributed by atoms with Crippen LogP contribution in [0.2, 0.25) is 0 Å². The van der Waals surface area contributed by atoms with Crippen molar-refractivity contribution in [2.45, 2.75) is 80.1 Å². The fourth-order valence-corrected chi connectivity index (χ4v) is 2.99. The minimum Gasteiger partial charge on any atom is -0.342 e.